The van der Waals surface area contributed by atoms with Gasteiger partial charge in [0.1, 0.15) is 11.6 Å². The van der Waals surface area contributed by atoms with E-state index in [0.29, 0.717) is 24.1 Å². The van der Waals surface area contributed by atoms with Crippen molar-refractivity contribution in [2.75, 3.05) is 35.3 Å². The molecule has 0 aromatic carbocycles. The topological polar surface area (TPSA) is 71.2 Å². The van der Waals surface area contributed by atoms with Crippen molar-refractivity contribution >= 4 is 17.5 Å². The lowest BCUT2D eigenvalue weighted by Gasteiger charge is -2.18. The summed E-state index contributed by atoms with van der Waals surface area (Å²) < 4.78 is 13.2. The van der Waals surface area contributed by atoms with Gasteiger partial charge in [0.05, 0.1) is 24.7 Å². The van der Waals surface area contributed by atoms with Gasteiger partial charge in [-0.15, -0.1) is 0 Å². The second kappa shape index (κ2) is 4.68. The third kappa shape index (κ3) is 2.40. The molecular weight excluding hydrogens is 247 g/mol. The molecule has 2 aromatic rings. The molecule has 2 aromatic heterocycles. The van der Waals surface area contributed by atoms with Crippen LogP contribution < -0.4 is 15.5 Å². The van der Waals surface area contributed by atoms with E-state index in [1.165, 1.54) is 18.3 Å². The number of pyridine rings is 1. The molecule has 0 saturated carbocycles. The first-order valence-electron chi connectivity index (χ1n) is 5.91. The van der Waals surface area contributed by atoms with Crippen LogP contribution in [0.1, 0.15) is 0 Å². The summed E-state index contributed by atoms with van der Waals surface area (Å²) in [6.07, 6.45) is 4.61. The van der Waals surface area contributed by atoms with Crippen molar-refractivity contribution in [1.29, 1.82) is 0 Å². The minimum atomic E-state index is -0.285. The first-order valence-corrected chi connectivity index (χ1v) is 5.91. The number of nitrogens with two attached hydrogens (primary N) is 1. The van der Waals surface area contributed by atoms with Crippen LogP contribution in [-0.4, -0.2) is 34.7 Å². The lowest BCUT2D eigenvalue weighted by molar-refractivity contribution is 0.624. The minimum Gasteiger partial charge on any atom is -0.396 e. The fourth-order valence-corrected chi connectivity index (χ4v) is 2.00. The molecule has 0 amide bonds. The maximum absolute atomic E-state index is 13.2. The molecule has 0 bridgehead atoms. The van der Waals surface area contributed by atoms with Crippen molar-refractivity contribution in [3.63, 3.8) is 0 Å². The van der Waals surface area contributed by atoms with E-state index in [9.17, 15) is 4.39 Å². The highest BCUT2D eigenvalue weighted by Crippen LogP contribution is 2.19. The van der Waals surface area contributed by atoms with E-state index < -0.39 is 0 Å². The van der Waals surface area contributed by atoms with E-state index in [-0.39, 0.29) is 5.82 Å². The molecule has 7 heteroatoms. The number of nitrogen functional groups attached to an aromatic ring is 1. The average molecular weight is 260 g/mol. The molecule has 2 N–H and O–H groups in total. The first kappa shape index (κ1) is 11.6. The van der Waals surface area contributed by atoms with Gasteiger partial charge in [-0.2, -0.15) is 0 Å². The molecule has 0 aliphatic carbocycles. The zero-order valence-corrected chi connectivity index (χ0v) is 10.2. The molecule has 0 radical (unpaired) electrons. The number of hydrogen-bond donors (Lipinski definition) is 1. The number of aromatic nitrogens is 3. The summed E-state index contributed by atoms with van der Waals surface area (Å²) in [6.45, 7) is 2.10. The van der Waals surface area contributed by atoms with Gasteiger partial charge < -0.3 is 15.5 Å². The Hall–Kier alpha value is -2.44. The fourth-order valence-electron chi connectivity index (χ4n) is 2.00. The van der Waals surface area contributed by atoms with Crippen molar-refractivity contribution in [2.45, 2.75) is 0 Å². The number of hydrogen-bond acceptors (Lipinski definition) is 6. The molecule has 0 spiro atoms. The second-order valence-corrected chi connectivity index (χ2v) is 4.32. The molecule has 3 heterocycles. The molecule has 0 unspecified atom stereocenters. The normalized spacial score (nSPS) is 15.0. The standard InChI is InChI=1S/C12H13FN6/c13-9-1-2-15-11(5-9)18-3-4-19(8-18)12-16-6-10(14)7-17-12/h1-2,5-7H,3-4,8,14H2. The van der Waals surface area contributed by atoms with Gasteiger partial charge in [-0.25, -0.2) is 19.3 Å². The summed E-state index contributed by atoms with van der Waals surface area (Å²) in [6, 6.07) is 2.76. The number of anilines is 3. The molecule has 6 nitrogen and oxygen atoms in total. The molecule has 98 valence electrons. The molecule has 19 heavy (non-hydrogen) atoms. The van der Waals surface area contributed by atoms with Crippen molar-refractivity contribution in [3.05, 3.63) is 36.5 Å². The van der Waals surface area contributed by atoms with Gasteiger partial charge in [-0.3, -0.25) is 0 Å². The van der Waals surface area contributed by atoms with Crippen molar-refractivity contribution < 1.29 is 4.39 Å². The third-order valence-electron chi connectivity index (χ3n) is 2.95. The Labute approximate surface area is 109 Å². The van der Waals surface area contributed by atoms with E-state index in [4.69, 9.17) is 5.73 Å². The largest absolute Gasteiger partial charge is 0.396 e. The van der Waals surface area contributed by atoms with Gasteiger partial charge in [0.25, 0.3) is 0 Å². The third-order valence-corrected chi connectivity index (χ3v) is 2.95. The number of halogens is 1. The SMILES string of the molecule is Nc1cnc(N2CCN(c3cc(F)ccn3)C2)nc1. The van der Waals surface area contributed by atoms with Gasteiger partial charge >= 0.3 is 0 Å². The van der Waals surface area contributed by atoms with Crippen molar-refractivity contribution in [1.82, 2.24) is 15.0 Å². The number of rotatable bonds is 2. The summed E-state index contributed by atoms with van der Waals surface area (Å²) in [5.74, 6) is 0.957. The lowest BCUT2D eigenvalue weighted by atomic mass is 10.4. The molecular formula is C12H13FN6. The van der Waals surface area contributed by atoms with E-state index in [0.717, 1.165) is 13.1 Å². The predicted octanol–water partition coefficient (Wildman–Crippen LogP) is 0.877. The number of nitrogens with zero attached hydrogens (tertiary/aromatic N) is 5. The quantitative estimate of drug-likeness (QED) is 0.864. The van der Waals surface area contributed by atoms with E-state index in [2.05, 4.69) is 15.0 Å². The Morgan fingerprint density at radius 2 is 1.84 bits per heavy atom. The van der Waals surface area contributed by atoms with Crippen molar-refractivity contribution in [2.24, 2.45) is 0 Å². The predicted molar refractivity (Wildman–Crippen MR) is 70.2 cm³/mol. The van der Waals surface area contributed by atoms with Crippen LogP contribution in [0.3, 0.4) is 0 Å². The summed E-state index contributed by atoms with van der Waals surface area (Å²) in [7, 11) is 0. The second-order valence-electron chi connectivity index (χ2n) is 4.32. The Morgan fingerprint density at radius 1 is 1.11 bits per heavy atom. The Balaban J connectivity index is 1.75. The highest BCUT2D eigenvalue weighted by Gasteiger charge is 2.23. The zero-order valence-electron chi connectivity index (χ0n) is 10.2. The molecule has 1 saturated heterocycles. The summed E-state index contributed by atoms with van der Waals surface area (Å²) >= 11 is 0. The maximum atomic E-state index is 13.2. The van der Waals surface area contributed by atoms with Crippen LogP contribution >= 0.6 is 0 Å². The highest BCUT2D eigenvalue weighted by molar-refractivity contribution is 5.46. The molecule has 1 aliphatic heterocycles. The molecule has 1 aliphatic rings. The minimum absolute atomic E-state index is 0.285. The summed E-state index contributed by atoms with van der Waals surface area (Å²) in [5, 5.41) is 0. The maximum Gasteiger partial charge on any atom is 0.226 e. The van der Waals surface area contributed by atoms with Crippen LogP contribution in [0.15, 0.2) is 30.7 Å². The van der Waals surface area contributed by atoms with Crippen molar-refractivity contribution in [3.8, 4) is 0 Å². The molecule has 3 rings (SSSR count). The van der Waals surface area contributed by atoms with E-state index in [1.807, 2.05) is 9.80 Å². The average Bonchev–Trinajstić information content (AvgIpc) is 2.89. The van der Waals surface area contributed by atoms with Crippen LogP contribution in [0.4, 0.5) is 21.8 Å². The monoisotopic (exact) mass is 260 g/mol. The lowest BCUT2D eigenvalue weighted by Crippen LogP contribution is -2.26. The molecule has 1 fully saturated rings. The van der Waals surface area contributed by atoms with Crippen LogP contribution in [0.25, 0.3) is 0 Å². The van der Waals surface area contributed by atoms with Gasteiger partial charge in [-0.05, 0) is 6.07 Å². The van der Waals surface area contributed by atoms with E-state index >= 15 is 0 Å². The fraction of sp³-hybridized carbons (Fsp3) is 0.250. The van der Waals surface area contributed by atoms with Crippen LogP contribution in [-0.2, 0) is 0 Å². The van der Waals surface area contributed by atoms with E-state index in [1.54, 1.807) is 12.4 Å². The zero-order chi connectivity index (χ0) is 13.2. The summed E-state index contributed by atoms with van der Waals surface area (Å²) in [4.78, 5) is 16.5. The van der Waals surface area contributed by atoms with Gasteiger partial charge in [0, 0.05) is 25.4 Å². The molecule has 0 atom stereocenters. The van der Waals surface area contributed by atoms with Gasteiger partial charge in [0.15, 0.2) is 0 Å². The van der Waals surface area contributed by atoms with Crippen LogP contribution in [0.2, 0.25) is 0 Å². The Bertz CT molecular complexity index is 573. The highest BCUT2D eigenvalue weighted by atomic mass is 19.1. The van der Waals surface area contributed by atoms with Gasteiger partial charge in [0.2, 0.25) is 5.95 Å². The van der Waals surface area contributed by atoms with Gasteiger partial charge in [-0.1, -0.05) is 0 Å². The summed E-state index contributed by atoms with van der Waals surface area (Å²) in [5.41, 5.74) is 6.09. The Kier molecular flexibility index (Phi) is 2.86. The van der Waals surface area contributed by atoms with Crippen LogP contribution in [0, 0.1) is 5.82 Å². The smallest absolute Gasteiger partial charge is 0.226 e. The van der Waals surface area contributed by atoms with Crippen LogP contribution in [0.5, 0.6) is 0 Å². The Morgan fingerprint density at radius 3 is 2.58 bits per heavy atom. The first-order chi connectivity index (χ1) is 9.22.